The van der Waals surface area contributed by atoms with Gasteiger partial charge in [0.2, 0.25) is 5.91 Å². The molecule has 1 aromatic carbocycles. The van der Waals surface area contributed by atoms with E-state index in [0.29, 0.717) is 11.3 Å². The van der Waals surface area contributed by atoms with E-state index >= 15 is 0 Å². The van der Waals surface area contributed by atoms with Gasteiger partial charge in [0, 0.05) is 11.3 Å². The molecule has 0 aliphatic heterocycles. The molecular weight excluding hydrogens is 304 g/mol. The largest absolute Gasteiger partial charge is 0.368 e. The molecule has 1 heterocycles. The molecule has 1 aromatic heterocycles. The summed E-state index contributed by atoms with van der Waals surface area (Å²) in [6.45, 7) is 0. The third kappa shape index (κ3) is 4.09. The minimum atomic E-state index is -0.711. The Bertz CT molecular complexity index is 626. The van der Waals surface area contributed by atoms with Crippen LogP contribution in [0.25, 0.3) is 0 Å². The Kier molecular flexibility index (Phi) is 5.41. The predicted octanol–water partition coefficient (Wildman–Crippen LogP) is 2.30. The molecular formula is C15H16N2O2S2. The minimum Gasteiger partial charge on any atom is -0.368 e. The van der Waals surface area contributed by atoms with Crippen LogP contribution in [0.2, 0.25) is 0 Å². The first-order valence-electron chi connectivity index (χ1n) is 6.37. The van der Waals surface area contributed by atoms with E-state index in [-0.39, 0.29) is 5.91 Å². The third-order valence-electron chi connectivity index (χ3n) is 2.99. The van der Waals surface area contributed by atoms with Gasteiger partial charge in [0.25, 0.3) is 5.91 Å². The van der Waals surface area contributed by atoms with Crippen molar-refractivity contribution in [1.82, 2.24) is 5.32 Å². The number of hydrogen-bond donors (Lipinski definition) is 2. The average Bonchev–Trinajstić information content (AvgIpc) is 2.96. The van der Waals surface area contributed by atoms with Crippen LogP contribution in [0.15, 0.2) is 46.7 Å². The van der Waals surface area contributed by atoms with Crippen molar-refractivity contribution in [2.75, 3.05) is 6.26 Å². The molecule has 0 saturated carbocycles. The molecule has 0 unspecified atom stereocenters. The van der Waals surface area contributed by atoms with Crippen LogP contribution < -0.4 is 11.1 Å². The van der Waals surface area contributed by atoms with Gasteiger partial charge in [0.1, 0.15) is 10.9 Å². The summed E-state index contributed by atoms with van der Waals surface area (Å²) in [5, 5.41) is 4.58. The lowest BCUT2D eigenvalue weighted by Crippen LogP contribution is -2.45. The number of amides is 2. The van der Waals surface area contributed by atoms with E-state index in [0.717, 1.165) is 10.5 Å². The number of primary amides is 1. The van der Waals surface area contributed by atoms with Gasteiger partial charge in [-0.2, -0.15) is 0 Å². The molecule has 21 heavy (non-hydrogen) atoms. The third-order valence-corrected chi connectivity index (χ3v) is 4.81. The second-order valence-electron chi connectivity index (χ2n) is 4.44. The first-order chi connectivity index (χ1) is 10.1. The Labute approximate surface area is 131 Å². The fourth-order valence-corrected chi connectivity index (χ4v) is 3.57. The molecule has 0 spiro atoms. The van der Waals surface area contributed by atoms with E-state index in [4.69, 9.17) is 5.73 Å². The van der Waals surface area contributed by atoms with Crippen molar-refractivity contribution < 1.29 is 9.59 Å². The van der Waals surface area contributed by atoms with Gasteiger partial charge in [-0.05, 0) is 23.3 Å². The van der Waals surface area contributed by atoms with Crippen molar-refractivity contribution >= 4 is 34.9 Å². The van der Waals surface area contributed by atoms with E-state index in [2.05, 4.69) is 5.32 Å². The van der Waals surface area contributed by atoms with Gasteiger partial charge in [-0.1, -0.05) is 30.3 Å². The monoisotopic (exact) mass is 320 g/mol. The van der Waals surface area contributed by atoms with Crippen LogP contribution in [0, 0.1) is 0 Å². The second-order valence-corrected chi connectivity index (χ2v) is 6.20. The highest BCUT2D eigenvalue weighted by molar-refractivity contribution is 7.98. The highest BCUT2D eigenvalue weighted by Crippen LogP contribution is 2.25. The minimum absolute atomic E-state index is 0.255. The fraction of sp³-hybridized carbons (Fsp3) is 0.200. The highest BCUT2D eigenvalue weighted by atomic mass is 32.2. The molecule has 2 aromatic rings. The Hall–Kier alpha value is -1.79. The number of nitrogens with one attached hydrogen (secondary N) is 1. The maximum atomic E-state index is 12.3. The van der Waals surface area contributed by atoms with Crippen LogP contribution in [-0.2, 0) is 11.2 Å². The molecule has 0 saturated heterocycles. The molecule has 6 heteroatoms. The maximum absolute atomic E-state index is 12.3. The van der Waals surface area contributed by atoms with E-state index in [9.17, 15) is 9.59 Å². The summed E-state index contributed by atoms with van der Waals surface area (Å²) in [5.74, 6) is -0.788. The molecule has 0 aliphatic rings. The van der Waals surface area contributed by atoms with Crippen LogP contribution in [0.4, 0.5) is 0 Å². The summed E-state index contributed by atoms with van der Waals surface area (Å²) in [6, 6.07) is 10.7. The van der Waals surface area contributed by atoms with Crippen LogP contribution in [-0.4, -0.2) is 24.1 Å². The number of rotatable bonds is 6. The lowest BCUT2D eigenvalue weighted by molar-refractivity contribution is -0.119. The number of carbonyl (C=O) groups is 2. The molecule has 0 radical (unpaired) electrons. The van der Waals surface area contributed by atoms with Crippen LogP contribution in [0.1, 0.15) is 15.2 Å². The summed E-state index contributed by atoms with van der Waals surface area (Å²) in [4.78, 5) is 25.4. The molecule has 0 aliphatic carbocycles. The predicted molar refractivity (Wildman–Crippen MR) is 86.7 cm³/mol. The summed E-state index contributed by atoms with van der Waals surface area (Å²) in [6.07, 6.45) is 2.30. The number of nitrogens with two attached hydrogens (primary N) is 1. The summed E-state index contributed by atoms with van der Waals surface area (Å²) >= 11 is 2.86. The van der Waals surface area contributed by atoms with Gasteiger partial charge in [-0.3, -0.25) is 9.59 Å². The first kappa shape index (κ1) is 15.6. The van der Waals surface area contributed by atoms with Gasteiger partial charge >= 0.3 is 0 Å². The molecule has 2 rings (SSSR count). The zero-order chi connectivity index (χ0) is 15.2. The van der Waals surface area contributed by atoms with E-state index in [1.165, 1.54) is 23.1 Å². The Morgan fingerprint density at radius 1 is 1.29 bits per heavy atom. The number of thiophene rings is 1. The standard InChI is InChI=1S/C15H16N2O2S2/c1-20-12-7-8-21-13(12)15(19)17-11(14(16)18)9-10-5-3-2-4-6-10/h2-8,11H,9H2,1H3,(H2,16,18)(H,17,19)/t11-/m1/s1. The highest BCUT2D eigenvalue weighted by Gasteiger charge is 2.21. The van der Waals surface area contributed by atoms with Crippen molar-refractivity contribution in [3.05, 3.63) is 52.2 Å². The van der Waals surface area contributed by atoms with E-state index in [1.54, 1.807) is 0 Å². The van der Waals surface area contributed by atoms with Crippen molar-refractivity contribution in [2.24, 2.45) is 5.73 Å². The van der Waals surface area contributed by atoms with Crippen LogP contribution in [0.5, 0.6) is 0 Å². The SMILES string of the molecule is CSc1ccsc1C(=O)N[C@H](Cc1ccccc1)C(N)=O. The van der Waals surface area contributed by atoms with Crippen LogP contribution >= 0.6 is 23.1 Å². The van der Waals surface area contributed by atoms with Crippen molar-refractivity contribution in [3.63, 3.8) is 0 Å². The van der Waals surface area contributed by atoms with Gasteiger partial charge in [0.15, 0.2) is 0 Å². The molecule has 4 nitrogen and oxygen atoms in total. The zero-order valence-corrected chi connectivity index (χ0v) is 13.2. The zero-order valence-electron chi connectivity index (χ0n) is 11.5. The smallest absolute Gasteiger partial charge is 0.263 e. The van der Waals surface area contributed by atoms with Crippen molar-refractivity contribution in [1.29, 1.82) is 0 Å². The van der Waals surface area contributed by atoms with E-state index in [1.807, 2.05) is 48.0 Å². The number of carbonyl (C=O) groups excluding carboxylic acids is 2. The van der Waals surface area contributed by atoms with Gasteiger partial charge in [-0.25, -0.2) is 0 Å². The number of benzene rings is 1. The lowest BCUT2D eigenvalue weighted by Gasteiger charge is -2.15. The topological polar surface area (TPSA) is 72.2 Å². The molecule has 1 atom stereocenters. The second kappa shape index (κ2) is 7.28. The quantitative estimate of drug-likeness (QED) is 0.802. The molecule has 0 bridgehead atoms. The Morgan fingerprint density at radius 3 is 2.62 bits per heavy atom. The first-order valence-corrected chi connectivity index (χ1v) is 8.48. The lowest BCUT2D eigenvalue weighted by atomic mass is 10.1. The number of thioether (sulfide) groups is 1. The Morgan fingerprint density at radius 2 is 2.00 bits per heavy atom. The van der Waals surface area contributed by atoms with Gasteiger partial charge < -0.3 is 11.1 Å². The van der Waals surface area contributed by atoms with Crippen molar-refractivity contribution in [2.45, 2.75) is 17.4 Å². The molecule has 0 fully saturated rings. The van der Waals surface area contributed by atoms with Crippen LogP contribution in [0.3, 0.4) is 0 Å². The van der Waals surface area contributed by atoms with E-state index < -0.39 is 11.9 Å². The summed E-state index contributed by atoms with van der Waals surface area (Å²) < 4.78 is 0. The van der Waals surface area contributed by atoms with Gasteiger partial charge in [0.05, 0.1) is 0 Å². The summed E-state index contributed by atoms with van der Waals surface area (Å²) in [7, 11) is 0. The normalized spacial score (nSPS) is 11.9. The maximum Gasteiger partial charge on any atom is 0.263 e. The Balaban J connectivity index is 2.10. The van der Waals surface area contributed by atoms with Gasteiger partial charge in [-0.15, -0.1) is 23.1 Å². The fourth-order valence-electron chi connectivity index (χ4n) is 1.92. The molecule has 3 N–H and O–H groups in total. The average molecular weight is 320 g/mol. The molecule has 110 valence electrons. The number of hydrogen-bond acceptors (Lipinski definition) is 4. The molecule has 2 amide bonds. The summed E-state index contributed by atoms with van der Waals surface area (Å²) in [5.41, 5.74) is 6.36. The van der Waals surface area contributed by atoms with Crippen molar-refractivity contribution in [3.8, 4) is 0 Å².